The van der Waals surface area contributed by atoms with Gasteiger partial charge in [0.25, 0.3) is 0 Å². The molecule has 1 rings (SSSR count). The van der Waals surface area contributed by atoms with E-state index in [0.29, 0.717) is 18.7 Å². The first kappa shape index (κ1) is 10.9. The van der Waals surface area contributed by atoms with Crippen LogP contribution in [0.4, 0.5) is 4.39 Å². The van der Waals surface area contributed by atoms with Crippen LogP contribution in [0, 0.1) is 5.82 Å². The van der Waals surface area contributed by atoms with Gasteiger partial charge in [0.2, 0.25) is 0 Å². The maximum absolute atomic E-state index is 13.3. The first-order chi connectivity index (χ1) is 6.70. The number of benzene rings is 1. The van der Waals surface area contributed by atoms with Crippen LogP contribution in [0.5, 0.6) is 5.75 Å². The van der Waals surface area contributed by atoms with Gasteiger partial charge in [-0.15, -0.1) is 0 Å². The zero-order chi connectivity index (χ0) is 10.6. The van der Waals surface area contributed by atoms with Crippen molar-refractivity contribution in [3.05, 3.63) is 29.6 Å². The van der Waals surface area contributed by atoms with Crippen LogP contribution < -0.4 is 10.5 Å². The lowest BCUT2D eigenvalue weighted by Crippen LogP contribution is -2.09. The van der Waals surface area contributed by atoms with E-state index in [-0.39, 0.29) is 5.56 Å². The predicted octanol–water partition coefficient (Wildman–Crippen LogP) is 1.22. The van der Waals surface area contributed by atoms with E-state index in [4.69, 9.17) is 10.5 Å². The number of rotatable bonds is 4. The lowest BCUT2D eigenvalue weighted by Gasteiger charge is -2.14. The molecule has 0 spiro atoms. The molecule has 3 N–H and O–H groups in total. The summed E-state index contributed by atoms with van der Waals surface area (Å²) in [5, 5.41) is 9.61. The fourth-order valence-electron chi connectivity index (χ4n) is 1.32. The molecule has 1 aromatic rings. The fourth-order valence-corrected chi connectivity index (χ4v) is 1.32. The third-order valence-corrected chi connectivity index (χ3v) is 2.01. The number of aliphatic hydroxyl groups is 1. The summed E-state index contributed by atoms with van der Waals surface area (Å²) in [6.45, 7) is 0.304. The predicted molar refractivity (Wildman–Crippen MR) is 51.6 cm³/mol. The minimum atomic E-state index is -0.906. The van der Waals surface area contributed by atoms with Crippen molar-refractivity contribution in [1.82, 2.24) is 0 Å². The van der Waals surface area contributed by atoms with Gasteiger partial charge in [0.05, 0.1) is 18.8 Å². The molecule has 4 heteroatoms. The number of methoxy groups -OCH3 is 1. The molecule has 0 amide bonds. The van der Waals surface area contributed by atoms with Crippen molar-refractivity contribution in [1.29, 1.82) is 0 Å². The molecule has 0 aliphatic heterocycles. The van der Waals surface area contributed by atoms with Crippen LogP contribution in [0.3, 0.4) is 0 Å². The van der Waals surface area contributed by atoms with Crippen molar-refractivity contribution in [3.63, 3.8) is 0 Å². The van der Waals surface area contributed by atoms with Gasteiger partial charge in [0.1, 0.15) is 11.6 Å². The molecule has 3 nitrogen and oxygen atoms in total. The highest BCUT2D eigenvalue weighted by molar-refractivity contribution is 5.36. The van der Waals surface area contributed by atoms with Crippen molar-refractivity contribution >= 4 is 0 Å². The van der Waals surface area contributed by atoms with Gasteiger partial charge in [-0.3, -0.25) is 0 Å². The molecule has 0 saturated carbocycles. The van der Waals surface area contributed by atoms with Crippen LogP contribution in [0.2, 0.25) is 0 Å². The second kappa shape index (κ2) is 4.93. The maximum atomic E-state index is 13.3. The highest BCUT2D eigenvalue weighted by Gasteiger charge is 2.16. The Morgan fingerprint density at radius 2 is 2.29 bits per heavy atom. The molecule has 0 unspecified atom stereocenters. The largest absolute Gasteiger partial charge is 0.496 e. The van der Waals surface area contributed by atoms with E-state index in [1.54, 1.807) is 6.07 Å². The highest BCUT2D eigenvalue weighted by Crippen LogP contribution is 2.29. The molecule has 0 heterocycles. The van der Waals surface area contributed by atoms with E-state index < -0.39 is 11.9 Å². The summed E-state index contributed by atoms with van der Waals surface area (Å²) in [6.07, 6.45) is -0.590. The van der Waals surface area contributed by atoms with Crippen LogP contribution in [0.25, 0.3) is 0 Å². The molecule has 0 bridgehead atoms. The zero-order valence-corrected chi connectivity index (χ0v) is 8.03. The van der Waals surface area contributed by atoms with Crippen LogP contribution in [0.15, 0.2) is 18.2 Å². The Labute approximate surface area is 82.3 Å². The minimum absolute atomic E-state index is 0.181. The Bertz CT molecular complexity index is 304. The summed E-state index contributed by atoms with van der Waals surface area (Å²) in [5.74, 6) is -0.115. The molecule has 0 aliphatic rings. The molecule has 0 saturated heterocycles. The third-order valence-electron chi connectivity index (χ3n) is 2.01. The van der Waals surface area contributed by atoms with E-state index in [2.05, 4.69) is 0 Å². The second-order valence-electron chi connectivity index (χ2n) is 2.95. The maximum Gasteiger partial charge on any atom is 0.132 e. The average Bonchev–Trinajstić information content (AvgIpc) is 2.17. The van der Waals surface area contributed by atoms with Crippen molar-refractivity contribution in [2.45, 2.75) is 12.5 Å². The Morgan fingerprint density at radius 3 is 2.86 bits per heavy atom. The summed E-state index contributed by atoms with van der Waals surface area (Å²) < 4.78 is 18.3. The van der Waals surface area contributed by atoms with Gasteiger partial charge in [-0.2, -0.15) is 0 Å². The van der Waals surface area contributed by atoms with E-state index >= 15 is 0 Å². The number of hydrogen-bond donors (Lipinski definition) is 2. The molecule has 0 aliphatic carbocycles. The van der Waals surface area contributed by atoms with E-state index in [1.165, 1.54) is 19.2 Å². The van der Waals surface area contributed by atoms with Gasteiger partial charge in [0.15, 0.2) is 0 Å². The van der Waals surface area contributed by atoms with Crippen molar-refractivity contribution in [3.8, 4) is 5.75 Å². The summed E-state index contributed by atoms with van der Waals surface area (Å²) in [5.41, 5.74) is 5.47. The van der Waals surface area contributed by atoms with Gasteiger partial charge in [0, 0.05) is 0 Å². The summed E-state index contributed by atoms with van der Waals surface area (Å²) in [4.78, 5) is 0. The number of hydrogen-bond acceptors (Lipinski definition) is 3. The zero-order valence-electron chi connectivity index (χ0n) is 8.03. The van der Waals surface area contributed by atoms with Gasteiger partial charge < -0.3 is 15.6 Å². The average molecular weight is 199 g/mol. The molecule has 14 heavy (non-hydrogen) atoms. The molecular weight excluding hydrogens is 185 g/mol. The summed E-state index contributed by atoms with van der Waals surface area (Å²) >= 11 is 0. The molecular formula is C10H14FNO2. The highest BCUT2D eigenvalue weighted by atomic mass is 19.1. The molecule has 78 valence electrons. The smallest absolute Gasteiger partial charge is 0.132 e. The van der Waals surface area contributed by atoms with Crippen molar-refractivity contribution < 1.29 is 14.2 Å². The van der Waals surface area contributed by atoms with Crippen molar-refractivity contribution in [2.24, 2.45) is 5.73 Å². The molecule has 0 aromatic heterocycles. The normalized spacial score (nSPS) is 12.6. The lowest BCUT2D eigenvalue weighted by atomic mass is 10.0. The first-order valence-electron chi connectivity index (χ1n) is 4.41. The Morgan fingerprint density at radius 1 is 1.57 bits per heavy atom. The van der Waals surface area contributed by atoms with Gasteiger partial charge >= 0.3 is 0 Å². The van der Waals surface area contributed by atoms with Crippen LogP contribution >= 0.6 is 0 Å². The van der Waals surface area contributed by atoms with E-state index in [0.717, 1.165) is 0 Å². The Kier molecular flexibility index (Phi) is 3.85. The first-order valence-corrected chi connectivity index (χ1v) is 4.41. The number of aliphatic hydroxyl groups excluding tert-OH is 1. The number of ether oxygens (including phenoxy) is 1. The molecule has 1 aromatic carbocycles. The SMILES string of the molecule is COc1cccc(F)c1[C@@H](O)CCN. The van der Waals surface area contributed by atoms with Gasteiger partial charge in [-0.1, -0.05) is 6.07 Å². The molecule has 0 fully saturated rings. The third kappa shape index (κ3) is 2.21. The summed E-state index contributed by atoms with van der Waals surface area (Å²) in [6, 6.07) is 4.43. The van der Waals surface area contributed by atoms with E-state index in [9.17, 15) is 9.50 Å². The van der Waals surface area contributed by atoms with E-state index in [1.807, 2.05) is 0 Å². The molecule has 1 atom stereocenters. The second-order valence-corrected chi connectivity index (χ2v) is 2.95. The molecule has 0 radical (unpaired) electrons. The monoisotopic (exact) mass is 199 g/mol. The van der Waals surface area contributed by atoms with Crippen molar-refractivity contribution in [2.75, 3.05) is 13.7 Å². The van der Waals surface area contributed by atoms with Crippen LogP contribution in [-0.2, 0) is 0 Å². The standard InChI is InChI=1S/C10H14FNO2/c1-14-9-4-2-3-7(11)10(9)8(13)5-6-12/h2-4,8,13H,5-6,12H2,1H3/t8-/m0/s1. The van der Waals surface area contributed by atoms with Gasteiger partial charge in [-0.05, 0) is 25.1 Å². The quantitative estimate of drug-likeness (QED) is 0.766. The topological polar surface area (TPSA) is 55.5 Å². The van der Waals surface area contributed by atoms with Gasteiger partial charge in [-0.25, -0.2) is 4.39 Å². The Balaban J connectivity index is 3.03. The summed E-state index contributed by atoms with van der Waals surface area (Å²) in [7, 11) is 1.44. The number of halogens is 1. The minimum Gasteiger partial charge on any atom is -0.496 e. The lowest BCUT2D eigenvalue weighted by molar-refractivity contribution is 0.161. The fraction of sp³-hybridized carbons (Fsp3) is 0.400. The van der Waals surface area contributed by atoms with Crippen LogP contribution in [-0.4, -0.2) is 18.8 Å². The Hall–Kier alpha value is -1.13. The van der Waals surface area contributed by atoms with Crippen LogP contribution in [0.1, 0.15) is 18.1 Å². The number of nitrogens with two attached hydrogens (primary N) is 1.